The Morgan fingerprint density at radius 3 is 2.86 bits per heavy atom. The zero-order valence-electron chi connectivity index (χ0n) is 13.6. The van der Waals surface area contributed by atoms with Crippen LogP contribution >= 0.6 is 11.3 Å². The van der Waals surface area contributed by atoms with Crippen LogP contribution in [0.15, 0.2) is 5.38 Å². The molecule has 2 N–H and O–H groups in total. The van der Waals surface area contributed by atoms with Crippen molar-refractivity contribution in [2.45, 2.75) is 40.2 Å². The van der Waals surface area contributed by atoms with E-state index in [0.717, 1.165) is 19.6 Å². The smallest absolute Gasteiger partial charge is 0.231 e. The van der Waals surface area contributed by atoms with E-state index in [9.17, 15) is 9.59 Å². The monoisotopic (exact) mass is 324 g/mol. The summed E-state index contributed by atoms with van der Waals surface area (Å²) in [5, 5.41) is 8.45. The summed E-state index contributed by atoms with van der Waals surface area (Å²) in [6.45, 7) is 10.00. The van der Waals surface area contributed by atoms with Gasteiger partial charge >= 0.3 is 0 Å². The van der Waals surface area contributed by atoms with Crippen molar-refractivity contribution in [3.8, 4) is 0 Å². The number of piperazine rings is 1. The second-order valence-corrected chi connectivity index (χ2v) is 7.52. The average Bonchev–Trinajstić information content (AvgIpc) is 2.85. The molecule has 1 fully saturated rings. The fourth-order valence-electron chi connectivity index (χ4n) is 2.20. The van der Waals surface area contributed by atoms with E-state index < -0.39 is 5.41 Å². The van der Waals surface area contributed by atoms with Crippen LogP contribution in [0.25, 0.3) is 0 Å². The van der Waals surface area contributed by atoms with Crippen LogP contribution in [-0.2, 0) is 16.0 Å². The van der Waals surface area contributed by atoms with Crippen LogP contribution in [0.1, 0.15) is 33.4 Å². The Labute approximate surface area is 135 Å². The molecule has 1 aliphatic heterocycles. The zero-order chi connectivity index (χ0) is 16.3. The number of hydrogen-bond donors (Lipinski definition) is 2. The van der Waals surface area contributed by atoms with Gasteiger partial charge in [-0.1, -0.05) is 20.8 Å². The summed E-state index contributed by atoms with van der Waals surface area (Å²) < 4.78 is 0. The summed E-state index contributed by atoms with van der Waals surface area (Å²) in [4.78, 5) is 30.5. The fourth-order valence-corrected chi connectivity index (χ4v) is 2.90. The zero-order valence-corrected chi connectivity index (χ0v) is 14.4. The van der Waals surface area contributed by atoms with Crippen LogP contribution in [0.3, 0.4) is 0 Å². The highest BCUT2D eigenvalue weighted by atomic mass is 32.1. The first-order valence-electron chi connectivity index (χ1n) is 7.53. The Morgan fingerprint density at radius 1 is 1.50 bits per heavy atom. The Morgan fingerprint density at radius 2 is 2.23 bits per heavy atom. The van der Waals surface area contributed by atoms with Crippen molar-refractivity contribution < 1.29 is 9.59 Å². The summed E-state index contributed by atoms with van der Waals surface area (Å²) in [5.74, 6) is 0.0171. The summed E-state index contributed by atoms with van der Waals surface area (Å²) in [6, 6.07) is 0.208. The number of nitrogens with zero attached hydrogens (tertiary/aromatic N) is 2. The molecule has 6 nitrogen and oxygen atoms in total. The third-order valence-corrected chi connectivity index (χ3v) is 4.41. The highest BCUT2D eigenvalue weighted by Gasteiger charge is 2.25. The Bertz CT molecular complexity index is 550. The molecule has 1 aromatic heterocycles. The SMILES string of the molecule is C[C@@H]1CNCCN1C(=O)Cc1csc(NC(=O)C(C)(C)C)n1. The van der Waals surface area contributed by atoms with Crippen molar-refractivity contribution >= 4 is 28.3 Å². The molecule has 122 valence electrons. The van der Waals surface area contributed by atoms with Gasteiger partial charge < -0.3 is 15.5 Å². The summed E-state index contributed by atoms with van der Waals surface area (Å²) in [6.07, 6.45) is 0.284. The van der Waals surface area contributed by atoms with Gasteiger partial charge in [-0.05, 0) is 6.92 Å². The van der Waals surface area contributed by atoms with Crippen molar-refractivity contribution in [3.05, 3.63) is 11.1 Å². The largest absolute Gasteiger partial charge is 0.337 e. The van der Waals surface area contributed by atoms with Gasteiger partial charge in [0.1, 0.15) is 0 Å². The second kappa shape index (κ2) is 6.75. The average molecular weight is 324 g/mol. The number of nitrogens with one attached hydrogen (secondary N) is 2. The number of aromatic nitrogens is 1. The van der Waals surface area contributed by atoms with E-state index in [-0.39, 0.29) is 24.3 Å². The van der Waals surface area contributed by atoms with Crippen LogP contribution < -0.4 is 10.6 Å². The normalized spacial score (nSPS) is 19.1. The van der Waals surface area contributed by atoms with Gasteiger partial charge in [-0.15, -0.1) is 11.3 Å². The molecule has 2 rings (SSSR count). The third kappa shape index (κ3) is 4.27. The van der Waals surface area contributed by atoms with Gasteiger partial charge in [-0.25, -0.2) is 4.98 Å². The Hall–Kier alpha value is -1.47. The molecule has 1 saturated heterocycles. The van der Waals surface area contributed by atoms with Gasteiger partial charge in [0.05, 0.1) is 12.1 Å². The lowest BCUT2D eigenvalue weighted by atomic mass is 9.96. The van der Waals surface area contributed by atoms with Gasteiger partial charge in [-0.2, -0.15) is 0 Å². The summed E-state index contributed by atoms with van der Waals surface area (Å²) >= 11 is 1.36. The van der Waals surface area contributed by atoms with E-state index in [0.29, 0.717) is 10.8 Å². The molecule has 22 heavy (non-hydrogen) atoms. The van der Waals surface area contributed by atoms with Crippen molar-refractivity contribution in [3.63, 3.8) is 0 Å². The lowest BCUT2D eigenvalue weighted by Crippen LogP contribution is -2.52. The van der Waals surface area contributed by atoms with Crippen LogP contribution in [0, 0.1) is 5.41 Å². The van der Waals surface area contributed by atoms with E-state index in [1.807, 2.05) is 38.0 Å². The lowest BCUT2D eigenvalue weighted by Gasteiger charge is -2.33. The van der Waals surface area contributed by atoms with Gasteiger partial charge in [0, 0.05) is 36.5 Å². The molecule has 0 radical (unpaired) electrons. The summed E-state index contributed by atoms with van der Waals surface area (Å²) in [7, 11) is 0. The van der Waals surface area contributed by atoms with Crippen LogP contribution in [-0.4, -0.2) is 47.4 Å². The Kier molecular flexibility index (Phi) is 5.18. The number of carbonyl (C=O) groups excluding carboxylic acids is 2. The number of carbonyl (C=O) groups is 2. The minimum atomic E-state index is -0.460. The molecule has 0 unspecified atom stereocenters. The van der Waals surface area contributed by atoms with Gasteiger partial charge in [0.15, 0.2) is 5.13 Å². The highest BCUT2D eigenvalue weighted by molar-refractivity contribution is 7.13. The number of amides is 2. The van der Waals surface area contributed by atoms with Gasteiger partial charge in [-0.3, -0.25) is 9.59 Å². The number of thiazole rings is 1. The minimum absolute atomic E-state index is 0.0737. The first-order valence-corrected chi connectivity index (χ1v) is 8.41. The maximum Gasteiger partial charge on any atom is 0.231 e. The van der Waals surface area contributed by atoms with E-state index in [2.05, 4.69) is 15.6 Å². The van der Waals surface area contributed by atoms with E-state index >= 15 is 0 Å². The molecule has 0 bridgehead atoms. The first kappa shape index (κ1) is 16.9. The third-order valence-electron chi connectivity index (χ3n) is 3.61. The quantitative estimate of drug-likeness (QED) is 0.883. The van der Waals surface area contributed by atoms with Crippen LogP contribution in [0.4, 0.5) is 5.13 Å². The van der Waals surface area contributed by atoms with Crippen molar-refractivity contribution in [1.82, 2.24) is 15.2 Å². The standard InChI is InChI=1S/C15H24N4O2S/c1-10-8-16-5-6-19(10)12(20)7-11-9-22-14(17-11)18-13(21)15(2,3)4/h9-10,16H,5-8H2,1-4H3,(H,17,18,21)/t10-/m1/s1. The van der Waals surface area contributed by atoms with E-state index in [1.54, 1.807) is 0 Å². The molecule has 2 amide bonds. The maximum atomic E-state index is 12.3. The molecule has 1 aromatic rings. The van der Waals surface area contributed by atoms with Gasteiger partial charge in [0.25, 0.3) is 0 Å². The molecule has 0 aromatic carbocycles. The molecular formula is C15H24N4O2S. The maximum absolute atomic E-state index is 12.3. The molecule has 7 heteroatoms. The van der Waals surface area contributed by atoms with Crippen molar-refractivity contribution in [1.29, 1.82) is 0 Å². The topological polar surface area (TPSA) is 74.3 Å². The van der Waals surface area contributed by atoms with Gasteiger partial charge in [0.2, 0.25) is 11.8 Å². The van der Waals surface area contributed by atoms with Crippen LogP contribution in [0.5, 0.6) is 0 Å². The lowest BCUT2D eigenvalue weighted by molar-refractivity contribution is -0.133. The first-order chi connectivity index (χ1) is 10.3. The molecule has 2 heterocycles. The van der Waals surface area contributed by atoms with Crippen molar-refractivity contribution in [2.24, 2.45) is 5.41 Å². The molecule has 1 atom stereocenters. The second-order valence-electron chi connectivity index (χ2n) is 6.67. The predicted molar refractivity (Wildman–Crippen MR) is 87.9 cm³/mol. The predicted octanol–water partition coefficient (Wildman–Crippen LogP) is 1.49. The van der Waals surface area contributed by atoms with Crippen LogP contribution in [0.2, 0.25) is 0 Å². The molecule has 0 saturated carbocycles. The highest BCUT2D eigenvalue weighted by Crippen LogP contribution is 2.21. The number of hydrogen-bond acceptors (Lipinski definition) is 5. The van der Waals surface area contributed by atoms with E-state index in [4.69, 9.17) is 0 Å². The van der Waals surface area contributed by atoms with Crippen molar-refractivity contribution in [2.75, 3.05) is 25.0 Å². The fraction of sp³-hybridized carbons (Fsp3) is 0.667. The molecule has 0 spiro atoms. The minimum Gasteiger partial charge on any atom is -0.337 e. The molecular weight excluding hydrogens is 300 g/mol. The molecule has 1 aliphatic rings. The molecule has 0 aliphatic carbocycles. The summed E-state index contributed by atoms with van der Waals surface area (Å²) in [5.41, 5.74) is 0.252. The Balaban J connectivity index is 1.94. The number of anilines is 1. The van der Waals surface area contributed by atoms with E-state index in [1.165, 1.54) is 11.3 Å². The number of rotatable bonds is 3.